The molecule has 1 heterocycles. The molecule has 0 aromatic heterocycles. The topological polar surface area (TPSA) is 32.3 Å². The minimum Gasteiger partial charge on any atom is -0.337 e. The molecule has 2 rings (SSSR count). The zero-order valence-electron chi connectivity index (χ0n) is 10.2. The number of rotatable bonds is 1. The molecule has 0 saturated carbocycles. The first kappa shape index (κ1) is 13.3. The molecule has 1 fully saturated rings. The molecule has 1 aromatic carbocycles. The zero-order chi connectivity index (χ0) is 13.1. The van der Waals surface area contributed by atoms with Gasteiger partial charge in [-0.05, 0) is 32.0 Å². The third-order valence-electron chi connectivity index (χ3n) is 3.06. The largest absolute Gasteiger partial charge is 0.337 e. The third kappa shape index (κ3) is 2.82. The summed E-state index contributed by atoms with van der Waals surface area (Å²) in [6.07, 6.45) is 0.863. The van der Waals surface area contributed by atoms with Crippen LogP contribution in [-0.2, 0) is 0 Å². The molecule has 1 saturated heterocycles. The van der Waals surface area contributed by atoms with Crippen LogP contribution in [0, 0.1) is 5.82 Å². The van der Waals surface area contributed by atoms with E-state index >= 15 is 0 Å². The van der Waals surface area contributed by atoms with Gasteiger partial charge in [0.1, 0.15) is 5.82 Å². The van der Waals surface area contributed by atoms with Crippen LogP contribution in [0.5, 0.6) is 0 Å². The Bertz CT molecular complexity index is 432. The molecular weight excluding hydrogens is 255 g/mol. The standard InChI is InChI=1S/C13H16ClFN2O/c1-9-8-17(7-3-6-16-9)13(18)12-10(14)4-2-5-11(12)15/h2,4-5,9,16H,3,6-8H2,1H3. The second-order valence-electron chi connectivity index (χ2n) is 4.56. The Hall–Kier alpha value is -1.13. The lowest BCUT2D eigenvalue weighted by molar-refractivity contribution is 0.0751. The number of carbonyl (C=O) groups is 1. The van der Waals surface area contributed by atoms with E-state index in [1.165, 1.54) is 18.2 Å². The van der Waals surface area contributed by atoms with Gasteiger partial charge in [0.2, 0.25) is 0 Å². The van der Waals surface area contributed by atoms with Crippen LogP contribution in [0.4, 0.5) is 4.39 Å². The van der Waals surface area contributed by atoms with Crippen molar-refractivity contribution in [1.82, 2.24) is 10.2 Å². The van der Waals surface area contributed by atoms with E-state index < -0.39 is 5.82 Å². The van der Waals surface area contributed by atoms with E-state index in [9.17, 15) is 9.18 Å². The Morgan fingerprint density at radius 3 is 3.06 bits per heavy atom. The van der Waals surface area contributed by atoms with Gasteiger partial charge >= 0.3 is 0 Å². The number of nitrogens with one attached hydrogen (secondary N) is 1. The van der Waals surface area contributed by atoms with Gasteiger partial charge in [0.15, 0.2) is 0 Å². The maximum atomic E-state index is 13.7. The van der Waals surface area contributed by atoms with E-state index in [-0.39, 0.29) is 22.5 Å². The molecule has 0 bridgehead atoms. The average Bonchev–Trinajstić information content (AvgIpc) is 2.53. The van der Waals surface area contributed by atoms with Gasteiger partial charge in [-0.15, -0.1) is 0 Å². The van der Waals surface area contributed by atoms with Crippen LogP contribution >= 0.6 is 11.6 Å². The molecule has 1 amide bonds. The van der Waals surface area contributed by atoms with Crippen molar-refractivity contribution in [3.63, 3.8) is 0 Å². The lowest BCUT2D eigenvalue weighted by atomic mass is 10.1. The van der Waals surface area contributed by atoms with Crippen molar-refractivity contribution >= 4 is 17.5 Å². The number of carbonyl (C=O) groups excluding carboxylic acids is 1. The highest BCUT2D eigenvalue weighted by atomic mass is 35.5. The fourth-order valence-electron chi connectivity index (χ4n) is 2.15. The number of benzene rings is 1. The SMILES string of the molecule is CC1CN(C(=O)c2c(F)cccc2Cl)CCCN1. The molecule has 1 aromatic rings. The summed E-state index contributed by atoms with van der Waals surface area (Å²) in [6.45, 7) is 4.08. The number of amides is 1. The quantitative estimate of drug-likeness (QED) is 0.849. The molecule has 1 aliphatic heterocycles. The van der Waals surface area contributed by atoms with Gasteiger partial charge in [0.25, 0.3) is 5.91 Å². The van der Waals surface area contributed by atoms with E-state index in [2.05, 4.69) is 5.32 Å². The van der Waals surface area contributed by atoms with Gasteiger partial charge in [0.05, 0.1) is 10.6 Å². The summed E-state index contributed by atoms with van der Waals surface area (Å²) < 4.78 is 13.7. The molecule has 0 spiro atoms. The van der Waals surface area contributed by atoms with Crippen LogP contribution in [0.1, 0.15) is 23.7 Å². The fourth-order valence-corrected chi connectivity index (χ4v) is 2.39. The average molecular weight is 271 g/mol. The molecule has 1 N–H and O–H groups in total. The summed E-state index contributed by atoms with van der Waals surface area (Å²) in [5.41, 5.74) is -0.0201. The molecule has 0 aliphatic carbocycles. The van der Waals surface area contributed by atoms with E-state index in [4.69, 9.17) is 11.6 Å². The lowest BCUT2D eigenvalue weighted by Gasteiger charge is -2.23. The van der Waals surface area contributed by atoms with Crippen molar-refractivity contribution in [2.75, 3.05) is 19.6 Å². The van der Waals surface area contributed by atoms with Crippen LogP contribution in [0.25, 0.3) is 0 Å². The Morgan fingerprint density at radius 1 is 1.56 bits per heavy atom. The van der Waals surface area contributed by atoms with E-state index in [1.54, 1.807) is 4.90 Å². The van der Waals surface area contributed by atoms with Crippen LogP contribution in [0.2, 0.25) is 5.02 Å². The number of hydrogen-bond donors (Lipinski definition) is 1. The maximum Gasteiger partial charge on any atom is 0.258 e. The fraction of sp³-hybridized carbons (Fsp3) is 0.462. The minimum atomic E-state index is -0.558. The van der Waals surface area contributed by atoms with Crippen molar-refractivity contribution in [2.24, 2.45) is 0 Å². The Balaban J connectivity index is 2.24. The highest BCUT2D eigenvalue weighted by Crippen LogP contribution is 2.21. The highest BCUT2D eigenvalue weighted by Gasteiger charge is 2.24. The maximum absolute atomic E-state index is 13.7. The summed E-state index contributed by atoms with van der Waals surface area (Å²) in [4.78, 5) is 14.0. The first-order valence-electron chi connectivity index (χ1n) is 6.06. The van der Waals surface area contributed by atoms with Crippen molar-refractivity contribution in [2.45, 2.75) is 19.4 Å². The lowest BCUT2D eigenvalue weighted by Crippen LogP contribution is -2.39. The molecular formula is C13H16ClFN2O. The predicted octanol–water partition coefficient (Wildman–Crippen LogP) is 2.30. The first-order chi connectivity index (χ1) is 8.59. The Morgan fingerprint density at radius 2 is 2.33 bits per heavy atom. The second kappa shape index (κ2) is 5.67. The second-order valence-corrected chi connectivity index (χ2v) is 4.96. The molecule has 3 nitrogen and oxygen atoms in total. The summed E-state index contributed by atoms with van der Waals surface area (Å²) in [6, 6.07) is 4.51. The van der Waals surface area contributed by atoms with Crippen molar-refractivity contribution in [1.29, 1.82) is 0 Å². The molecule has 1 atom stereocenters. The number of nitrogens with zero attached hydrogens (tertiary/aromatic N) is 1. The first-order valence-corrected chi connectivity index (χ1v) is 6.44. The summed E-state index contributed by atoms with van der Waals surface area (Å²) >= 11 is 5.92. The normalized spacial score (nSPS) is 20.6. The minimum absolute atomic E-state index is 0.0201. The summed E-state index contributed by atoms with van der Waals surface area (Å²) in [7, 11) is 0. The van der Waals surface area contributed by atoms with Crippen molar-refractivity contribution < 1.29 is 9.18 Å². The molecule has 5 heteroatoms. The molecule has 1 unspecified atom stereocenters. The van der Waals surface area contributed by atoms with Crippen LogP contribution in [0.3, 0.4) is 0 Å². The monoisotopic (exact) mass is 270 g/mol. The van der Waals surface area contributed by atoms with Gasteiger partial charge < -0.3 is 10.2 Å². The van der Waals surface area contributed by atoms with Crippen LogP contribution in [-0.4, -0.2) is 36.5 Å². The van der Waals surface area contributed by atoms with E-state index in [0.29, 0.717) is 13.1 Å². The highest BCUT2D eigenvalue weighted by molar-refractivity contribution is 6.33. The van der Waals surface area contributed by atoms with Gasteiger partial charge in [-0.25, -0.2) is 4.39 Å². The van der Waals surface area contributed by atoms with Crippen molar-refractivity contribution in [3.05, 3.63) is 34.6 Å². The summed E-state index contributed by atoms with van der Waals surface area (Å²) in [5.74, 6) is -0.883. The number of halogens is 2. The number of hydrogen-bond acceptors (Lipinski definition) is 2. The zero-order valence-corrected chi connectivity index (χ0v) is 11.0. The van der Waals surface area contributed by atoms with Crippen LogP contribution in [0.15, 0.2) is 18.2 Å². The molecule has 1 aliphatic rings. The van der Waals surface area contributed by atoms with Gasteiger partial charge in [0, 0.05) is 19.1 Å². The molecule has 18 heavy (non-hydrogen) atoms. The molecule has 0 radical (unpaired) electrons. The Labute approximate surface area is 111 Å². The van der Waals surface area contributed by atoms with Crippen LogP contribution < -0.4 is 5.32 Å². The van der Waals surface area contributed by atoms with Gasteiger partial charge in [-0.1, -0.05) is 17.7 Å². The van der Waals surface area contributed by atoms with Gasteiger partial charge in [-0.3, -0.25) is 4.79 Å². The molecule has 98 valence electrons. The predicted molar refractivity (Wildman–Crippen MR) is 69.4 cm³/mol. The van der Waals surface area contributed by atoms with E-state index in [1.807, 2.05) is 6.92 Å². The van der Waals surface area contributed by atoms with Gasteiger partial charge in [-0.2, -0.15) is 0 Å². The third-order valence-corrected chi connectivity index (χ3v) is 3.37. The summed E-state index contributed by atoms with van der Waals surface area (Å²) in [5, 5.41) is 3.46. The Kier molecular flexibility index (Phi) is 4.19. The van der Waals surface area contributed by atoms with Crippen molar-refractivity contribution in [3.8, 4) is 0 Å². The van der Waals surface area contributed by atoms with E-state index in [0.717, 1.165) is 13.0 Å². The smallest absolute Gasteiger partial charge is 0.258 e.